The van der Waals surface area contributed by atoms with Crippen LogP contribution in [0.3, 0.4) is 0 Å². The van der Waals surface area contributed by atoms with Crippen molar-refractivity contribution >= 4 is 110 Å². The lowest BCUT2D eigenvalue weighted by atomic mass is 9.89. The second-order valence-corrected chi connectivity index (χ2v) is 27.6. The molecule has 10 heterocycles. The van der Waals surface area contributed by atoms with Gasteiger partial charge in [-0.25, -0.2) is 19.9 Å². The summed E-state index contributed by atoms with van der Waals surface area (Å²) in [4.78, 5) is 39.1. The number of rotatable bonds is 8. The first kappa shape index (κ1) is 61.8. The van der Waals surface area contributed by atoms with Gasteiger partial charge in [-0.3, -0.25) is 0 Å². The summed E-state index contributed by atoms with van der Waals surface area (Å²) in [5, 5.41) is 4.50. The lowest BCUT2D eigenvalue weighted by Crippen LogP contribution is -1.93. The summed E-state index contributed by atoms with van der Waals surface area (Å²) in [7, 11) is 0. The summed E-state index contributed by atoms with van der Waals surface area (Å²) < 4.78 is 0. The predicted molar refractivity (Wildman–Crippen MR) is 422 cm³/mol. The third-order valence-electron chi connectivity index (χ3n) is 22.2. The Kier molecular flexibility index (Phi) is 14.9. The van der Waals surface area contributed by atoms with Crippen molar-refractivity contribution in [1.29, 1.82) is 0 Å². The normalized spacial score (nSPS) is 13.3. The van der Waals surface area contributed by atoms with Gasteiger partial charge in [-0.1, -0.05) is 172 Å². The van der Waals surface area contributed by atoms with Crippen LogP contribution in [0.4, 0.5) is 0 Å². The molecule has 13 aromatic rings. The molecule has 7 aromatic carbocycles. The summed E-state index contributed by atoms with van der Waals surface area (Å²) in [6, 6.07) is 75.3. The van der Waals surface area contributed by atoms with Crippen LogP contribution in [0.25, 0.3) is 155 Å². The second-order valence-electron chi connectivity index (χ2n) is 27.6. The molecule has 17 rings (SSSR count). The van der Waals surface area contributed by atoms with Crippen LogP contribution in [0.2, 0.25) is 0 Å². The highest BCUT2D eigenvalue weighted by Crippen LogP contribution is 2.49. The average molecular weight is 1300 g/mol. The van der Waals surface area contributed by atoms with Gasteiger partial charge in [0.2, 0.25) is 0 Å². The highest BCUT2D eigenvalue weighted by Gasteiger charge is 2.29. The van der Waals surface area contributed by atoms with Crippen molar-refractivity contribution in [1.82, 2.24) is 39.9 Å². The van der Waals surface area contributed by atoms with Gasteiger partial charge in [0.15, 0.2) is 0 Å². The summed E-state index contributed by atoms with van der Waals surface area (Å²) in [5.74, 6) is 0. The van der Waals surface area contributed by atoms with E-state index in [2.05, 4.69) is 309 Å². The summed E-state index contributed by atoms with van der Waals surface area (Å²) in [6.07, 6.45) is 1.77. The molecule has 0 radical (unpaired) electrons. The van der Waals surface area contributed by atoms with Gasteiger partial charge in [0.05, 0.1) is 56.6 Å². The molecule has 0 atom stereocenters. The second kappa shape index (κ2) is 24.1. The molecule has 0 unspecified atom stereocenters. The van der Waals surface area contributed by atoms with E-state index in [1.807, 2.05) is 0 Å². The molecule has 486 valence electrons. The zero-order chi connectivity index (χ0) is 68.5. The predicted octanol–water partition coefficient (Wildman–Crippen LogP) is 24.3. The molecule has 4 N–H and O–H groups in total. The molecule has 0 aliphatic carbocycles. The van der Waals surface area contributed by atoms with Crippen molar-refractivity contribution in [3.05, 3.63) is 296 Å². The van der Waals surface area contributed by atoms with E-state index in [9.17, 15) is 0 Å². The Morgan fingerprint density at radius 1 is 0.280 bits per heavy atom. The largest absolute Gasteiger partial charge is 0.355 e. The maximum atomic E-state index is 5.92. The molecule has 0 fully saturated rings. The molecular weight excluding hydrogens is 1220 g/mol. The van der Waals surface area contributed by atoms with Crippen molar-refractivity contribution in [2.24, 2.45) is 0 Å². The van der Waals surface area contributed by atoms with Crippen LogP contribution in [0.1, 0.15) is 145 Å². The summed E-state index contributed by atoms with van der Waals surface area (Å²) in [6.45, 7) is 27.0. The molecule has 4 aliphatic heterocycles. The quantitative estimate of drug-likeness (QED) is 0.113. The van der Waals surface area contributed by atoms with Crippen LogP contribution in [-0.4, -0.2) is 39.9 Å². The molecule has 6 aromatic heterocycles. The molecule has 8 nitrogen and oxygen atoms in total. The van der Waals surface area contributed by atoms with Crippen LogP contribution in [-0.2, 0) is 6.42 Å². The zero-order valence-electron chi connectivity index (χ0n) is 58.8. The van der Waals surface area contributed by atoms with E-state index in [0.29, 0.717) is 0 Å². The Hall–Kier alpha value is -11.7. The number of allylic oxidation sites excluding steroid dienone is 6. The molecule has 100 heavy (non-hydrogen) atoms. The van der Waals surface area contributed by atoms with E-state index in [1.165, 1.54) is 33.4 Å². The first-order valence-electron chi connectivity index (χ1n) is 35.2. The van der Waals surface area contributed by atoms with Crippen LogP contribution in [0, 0.1) is 34.6 Å². The van der Waals surface area contributed by atoms with Gasteiger partial charge in [-0.05, 0) is 252 Å². The van der Waals surface area contributed by atoms with Crippen LogP contribution < -0.4 is 0 Å². The fourth-order valence-electron chi connectivity index (χ4n) is 16.2. The van der Waals surface area contributed by atoms with E-state index >= 15 is 0 Å². The van der Waals surface area contributed by atoms with Gasteiger partial charge in [-0.2, -0.15) is 0 Å². The summed E-state index contributed by atoms with van der Waals surface area (Å²) in [5.41, 5.74) is 42.8. The van der Waals surface area contributed by atoms with Crippen LogP contribution >= 0.6 is 0 Å². The number of nitrogens with zero attached hydrogens (tertiary/aromatic N) is 4. The molecule has 0 spiro atoms. The SMILES string of the molecule is CCC1=C(C)c2cc3[nH]c(c(C)c3C)c(-c3cccc4cc5cccc(-c6c7nc(cc8[nH]c(cc9nc(cc%10[nH]c6c(C)c%10C)C(c6ccccc6)=C9c6ccccc6)c(-c6ccccc6)c8-c6ccccc6)C(C)=C7C)c5cc34)c3nc(cc4[nH]c(cc1n2)c(CC)c4C)C(C)=C3C. The number of aryl methyl sites for hydroxylation is 6. The van der Waals surface area contributed by atoms with Crippen molar-refractivity contribution in [3.63, 3.8) is 0 Å². The van der Waals surface area contributed by atoms with E-state index in [4.69, 9.17) is 19.9 Å². The molecule has 0 amide bonds. The van der Waals surface area contributed by atoms with Crippen molar-refractivity contribution in [2.45, 2.75) is 95.9 Å². The van der Waals surface area contributed by atoms with Gasteiger partial charge in [0, 0.05) is 66.5 Å². The van der Waals surface area contributed by atoms with Gasteiger partial charge in [0.25, 0.3) is 0 Å². The third kappa shape index (κ3) is 9.85. The fraction of sp³-hybridized carbons (Fsp3) is 0.152. The first-order chi connectivity index (χ1) is 48.6. The number of benzene rings is 7. The number of fused-ring (bicyclic) bond motifs is 18. The zero-order valence-corrected chi connectivity index (χ0v) is 58.8. The van der Waals surface area contributed by atoms with Crippen molar-refractivity contribution < 1.29 is 0 Å². The Balaban J connectivity index is 0.999. The highest BCUT2D eigenvalue weighted by molar-refractivity contribution is 6.16. The third-order valence-corrected chi connectivity index (χ3v) is 22.2. The lowest BCUT2D eigenvalue weighted by molar-refractivity contribution is 1.14. The highest BCUT2D eigenvalue weighted by atomic mass is 14.8. The Labute approximate surface area is 583 Å². The standard InChI is InChI=1S/C92H78N8/c1-13-65-57(11)75-43-71-49(3)53(7)89(97-71)87(90-54(8)50(4)72(98-90)44-76-58(12)66(14-2)78(94-76)47-77(65)93-75)67-39-27-37-63-41-64-38-28-40-68(70(64)42-69(63)67)88-91-55(9)51(5)73(99-91)45-79-83(59-29-19-15-20-30-59)85(61-33-23-17-24-34-61)81(95-79)48-82-86(62-35-25-18-26-36-62)84(60-31-21-16-22-32-60)80(96-82)46-74-52(6)56(10)92(88)100-74/h15-48,93,95,98,100H,13-14H2,1-12H3. The van der Waals surface area contributed by atoms with Gasteiger partial charge in [-0.15, -0.1) is 0 Å². The number of hydrogen-bond donors (Lipinski definition) is 4. The Morgan fingerprint density at radius 3 is 1.13 bits per heavy atom. The van der Waals surface area contributed by atoms with Gasteiger partial charge < -0.3 is 19.9 Å². The smallest absolute Gasteiger partial charge is 0.0769 e. The first-order valence-corrected chi connectivity index (χ1v) is 35.2. The number of H-pyrrole nitrogens is 4. The number of hydrogen-bond acceptors (Lipinski definition) is 4. The van der Waals surface area contributed by atoms with Crippen molar-refractivity contribution in [2.75, 3.05) is 0 Å². The fourth-order valence-corrected chi connectivity index (χ4v) is 16.2. The molecule has 8 heteroatoms. The molecule has 0 saturated carbocycles. The maximum Gasteiger partial charge on any atom is 0.0769 e. The number of aromatic amines is 4. The van der Waals surface area contributed by atoms with Crippen LogP contribution in [0.15, 0.2) is 206 Å². The van der Waals surface area contributed by atoms with Crippen LogP contribution in [0.5, 0.6) is 0 Å². The van der Waals surface area contributed by atoms with E-state index in [1.54, 1.807) is 0 Å². The average Bonchev–Trinajstić information content (AvgIpc) is 1.47. The minimum absolute atomic E-state index is 0.868. The topological polar surface area (TPSA) is 115 Å². The Morgan fingerprint density at radius 2 is 0.670 bits per heavy atom. The van der Waals surface area contributed by atoms with E-state index in [0.717, 1.165) is 224 Å². The van der Waals surface area contributed by atoms with Gasteiger partial charge >= 0.3 is 0 Å². The number of aromatic nitrogens is 8. The minimum Gasteiger partial charge on any atom is -0.355 e. The van der Waals surface area contributed by atoms with Gasteiger partial charge in [0.1, 0.15) is 0 Å². The van der Waals surface area contributed by atoms with E-state index < -0.39 is 0 Å². The van der Waals surface area contributed by atoms with Crippen molar-refractivity contribution in [3.8, 4) is 44.5 Å². The number of nitrogens with one attached hydrogen (secondary N) is 4. The molecule has 4 aliphatic rings. The van der Waals surface area contributed by atoms with E-state index in [-0.39, 0.29) is 0 Å². The monoisotopic (exact) mass is 1290 g/mol. The lowest BCUT2D eigenvalue weighted by Gasteiger charge is -2.15. The minimum atomic E-state index is 0.868. The maximum absolute atomic E-state index is 5.92. The Bertz CT molecular complexity index is 6180. The summed E-state index contributed by atoms with van der Waals surface area (Å²) >= 11 is 0. The molecule has 0 saturated heterocycles. The molecular formula is C92H78N8. The molecule has 16 bridgehead atoms.